The predicted molar refractivity (Wildman–Crippen MR) is 66.4 cm³/mol. The molecule has 102 valence electrons. The zero-order chi connectivity index (χ0) is 13.8. The molecular weight excluding hydrogens is 234 g/mol. The lowest BCUT2D eigenvalue weighted by molar-refractivity contribution is -0.130. The van der Waals surface area contributed by atoms with E-state index in [1.54, 1.807) is 13.8 Å². The van der Waals surface area contributed by atoms with E-state index in [0.29, 0.717) is 6.42 Å². The fraction of sp³-hybridized carbons (Fsp3) is 0.750. The second-order valence-electron chi connectivity index (χ2n) is 5.00. The van der Waals surface area contributed by atoms with Crippen molar-refractivity contribution in [2.75, 3.05) is 0 Å². The third-order valence-corrected chi connectivity index (χ3v) is 3.03. The summed E-state index contributed by atoms with van der Waals surface area (Å²) in [5.41, 5.74) is 1.46. The summed E-state index contributed by atoms with van der Waals surface area (Å²) in [5.74, 6) is -0.636. The van der Waals surface area contributed by atoms with E-state index in [1.807, 2.05) is 0 Å². The molecule has 1 fully saturated rings. The largest absolute Gasteiger partial charge is 0.343 e. The number of urea groups is 1. The first-order valence-electron chi connectivity index (χ1n) is 6.34. The maximum absolute atomic E-state index is 11.7. The van der Waals surface area contributed by atoms with Gasteiger partial charge in [-0.3, -0.25) is 20.3 Å². The second-order valence-corrected chi connectivity index (χ2v) is 5.00. The molecule has 0 atom stereocenters. The lowest BCUT2D eigenvalue weighted by Crippen LogP contribution is -2.54. The second kappa shape index (κ2) is 5.84. The van der Waals surface area contributed by atoms with Crippen molar-refractivity contribution in [1.29, 1.82) is 0 Å². The number of nitrogens with one attached hydrogen (secondary N) is 2. The highest BCUT2D eigenvalue weighted by molar-refractivity contribution is 6.06. The molecule has 6 heteroatoms. The van der Waals surface area contributed by atoms with E-state index in [9.17, 15) is 14.4 Å². The van der Waals surface area contributed by atoms with E-state index in [1.165, 1.54) is 0 Å². The molecule has 0 saturated carbocycles. The minimum atomic E-state index is -1.03. The Labute approximate surface area is 107 Å². The number of carbonyl (C=O) groups is 3. The highest BCUT2D eigenvalue weighted by Gasteiger charge is 2.46. The smallest absolute Gasteiger partial charge is 0.274 e. The molecule has 0 aliphatic carbocycles. The SMILES string of the molecule is CCCCCCC(=O)NN1C(=O)NC(=O)C1(C)C. The van der Waals surface area contributed by atoms with Crippen LogP contribution in [0.3, 0.4) is 0 Å². The van der Waals surface area contributed by atoms with Gasteiger partial charge < -0.3 is 0 Å². The van der Waals surface area contributed by atoms with Gasteiger partial charge in [0.15, 0.2) is 0 Å². The van der Waals surface area contributed by atoms with Crippen LogP contribution in [0.25, 0.3) is 0 Å². The summed E-state index contributed by atoms with van der Waals surface area (Å²) in [7, 11) is 0. The highest BCUT2D eigenvalue weighted by atomic mass is 16.2. The van der Waals surface area contributed by atoms with Crippen molar-refractivity contribution >= 4 is 17.8 Å². The van der Waals surface area contributed by atoms with Crippen LogP contribution in [0.4, 0.5) is 4.79 Å². The Balaban J connectivity index is 2.44. The molecule has 0 bridgehead atoms. The zero-order valence-electron chi connectivity index (χ0n) is 11.2. The van der Waals surface area contributed by atoms with E-state index in [4.69, 9.17) is 0 Å². The number of carbonyl (C=O) groups excluding carboxylic acids is 3. The number of hydrazine groups is 1. The Morgan fingerprint density at radius 3 is 2.44 bits per heavy atom. The summed E-state index contributed by atoms with van der Waals surface area (Å²) in [4.78, 5) is 34.6. The minimum absolute atomic E-state index is 0.232. The molecule has 0 spiro atoms. The van der Waals surface area contributed by atoms with Crippen molar-refractivity contribution in [3.8, 4) is 0 Å². The van der Waals surface area contributed by atoms with Crippen molar-refractivity contribution < 1.29 is 14.4 Å². The molecule has 0 radical (unpaired) electrons. The lowest BCUT2D eigenvalue weighted by atomic mass is 10.1. The summed E-state index contributed by atoms with van der Waals surface area (Å²) in [6, 6.07) is -0.577. The molecule has 0 aromatic rings. The standard InChI is InChI=1S/C12H21N3O3/c1-4-5-6-7-8-9(16)14-15-11(18)13-10(17)12(15,2)3/h4-8H2,1-3H3,(H,14,16)(H,13,17,18). The molecule has 1 aliphatic heterocycles. The summed E-state index contributed by atoms with van der Waals surface area (Å²) in [5, 5.41) is 3.24. The first kappa shape index (κ1) is 14.5. The maximum atomic E-state index is 11.7. The lowest BCUT2D eigenvalue weighted by Gasteiger charge is -2.27. The van der Waals surface area contributed by atoms with Crippen molar-refractivity contribution in [3.63, 3.8) is 0 Å². The van der Waals surface area contributed by atoms with Crippen LogP contribution in [0.2, 0.25) is 0 Å². The molecule has 1 rings (SSSR count). The molecular formula is C12H21N3O3. The number of hydrogen-bond acceptors (Lipinski definition) is 3. The maximum Gasteiger partial charge on any atom is 0.343 e. The van der Waals surface area contributed by atoms with Crippen molar-refractivity contribution in [1.82, 2.24) is 15.8 Å². The molecule has 18 heavy (non-hydrogen) atoms. The van der Waals surface area contributed by atoms with Crippen molar-refractivity contribution in [3.05, 3.63) is 0 Å². The molecule has 0 aromatic heterocycles. The van der Waals surface area contributed by atoms with E-state index in [-0.39, 0.29) is 5.91 Å². The van der Waals surface area contributed by atoms with Gasteiger partial charge in [0.25, 0.3) is 5.91 Å². The van der Waals surface area contributed by atoms with Crippen LogP contribution < -0.4 is 10.7 Å². The molecule has 1 saturated heterocycles. The zero-order valence-corrected chi connectivity index (χ0v) is 11.2. The molecule has 1 heterocycles. The van der Waals surface area contributed by atoms with Crippen LogP contribution in [0.15, 0.2) is 0 Å². The molecule has 0 aromatic carbocycles. The third kappa shape index (κ3) is 3.21. The summed E-state index contributed by atoms with van der Waals surface area (Å²) >= 11 is 0. The predicted octanol–water partition coefficient (Wildman–Crippen LogP) is 1.32. The van der Waals surface area contributed by atoms with Gasteiger partial charge in [0.2, 0.25) is 5.91 Å². The van der Waals surface area contributed by atoms with E-state index >= 15 is 0 Å². The van der Waals surface area contributed by atoms with Crippen LogP contribution in [-0.4, -0.2) is 28.4 Å². The Morgan fingerprint density at radius 1 is 1.28 bits per heavy atom. The number of rotatable bonds is 6. The van der Waals surface area contributed by atoms with Crippen LogP contribution in [0.1, 0.15) is 52.9 Å². The monoisotopic (exact) mass is 255 g/mol. The summed E-state index contributed by atoms with van der Waals surface area (Å²) in [6.45, 7) is 5.28. The van der Waals surface area contributed by atoms with Crippen molar-refractivity contribution in [2.24, 2.45) is 0 Å². The Morgan fingerprint density at radius 2 is 1.94 bits per heavy atom. The summed E-state index contributed by atoms with van der Waals surface area (Å²) in [6.07, 6.45) is 4.37. The van der Waals surface area contributed by atoms with Crippen molar-refractivity contribution in [2.45, 2.75) is 58.4 Å². The third-order valence-electron chi connectivity index (χ3n) is 3.03. The molecule has 4 amide bonds. The number of imide groups is 1. The van der Waals surface area contributed by atoms with Crippen LogP contribution >= 0.6 is 0 Å². The van der Waals surface area contributed by atoms with E-state index < -0.39 is 17.5 Å². The van der Waals surface area contributed by atoms with Gasteiger partial charge in [-0.15, -0.1) is 0 Å². The number of amides is 4. The molecule has 1 aliphatic rings. The first-order chi connectivity index (χ1) is 8.39. The number of hydrogen-bond donors (Lipinski definition) is 2. The Kier molecular flexibility index (Phi) is 4.69. The van der Waals surface area contributed by atoms with Crippen LogP contribution in [0.5, 0.6) is 0 Å². The van der Waals surface area contributed by atoms with Gasteiger partial charge in [0.1, 0.15) is 5.54 Å². The topological polar surface area (TPSA) is 78.5 Å². The normalized spacial score (nSPS) is 17.8. The van der Waals surface area contributed by atoms with E-state index in [2.05, 4.69) is 17.7 Å². The fourth-order valence-corrected chi connectivity index (χ4v) is 1.74. The van der Waals surface area contributed by atoms with Gasteiger partial charge in [-0.25, -0.2) is 9.80 Å². The average Bonchev–Trinajstić information content (AvgIpc) is 2.48. The van der Waals surface area contributed by atoms with Gasteiger partial charge in [-0.2, -0.15) is 0 Å². The number of nitrogens with zero attached hydrogens (tertiary/aromatic N) is 1. The van der Waals surface area contributed by atoms with Gasteiger partial charge in [0.05, 0.1) is 0 Å². The van der Waals surface area contributed by atoms with Gasteiger partial charge in [-0.1, -0.05) is 26.2 Å². The fourth-order valence-electron chi connectivity index (χ4n) is 1.74. The van der Waals surface area contributed by atoms with Gasteiger partial charge in [0, 0.05) is 6.42 Å². The quantitative estimate of drug-likeness (QED) is 0.555. The highest BCUT2D eigenvalue weighted by Crippen LogP contribution is 2.18. The van der Waals surface area contributed by atoms with Gasteiger partial charge >= 0.3 is 6.03 Å². The first-order valence-corrected chi connectivity index (χ1v) is 6.34. The van der Waals surface area contributed by atoms with Crippen LogP contribution in [0, 0.1) is 0 Å². The average molecular weight is 255 g/mol. The molecule has 6 nitrogen and oxygen atoms in total. The number of unbranched alkanes of at least 4 members (excludes halogenated alkanes) is 3. The Bertz CT molecular complexity index is 352. The Hall–Kier alpha value is -1.59. The summed E-state index contributed by atoms with van der Waals surface area (Å²) < 4.78 is 0. The van der Waals surface area contributed by atoms with E-state index in [0.717, 1.165) is 30.7 Å². The van der Waals surface area contributed by atoms with Gasteiger partial charge in [-0.05, 0) is 20.3 Å². The van der Waals surface area contributed by atoms with Crippen LogP contribution in [-0.2, 0) is 9.59 Å². The molecule has 2 N–H and O–H groups in total. The minimum Gasteiger partial charge on any atom is -0.274 e. The molecule has 0 unspecified atom stereocenters.